The Morgan fingerprint density at radius 3 is 1.67 bits per heavy atom. The van der Waals surface area contributed by atoms with Crippen LogP contribution in [0, 0.1) is 0 Å². The van der Waals surface area contributed by atoms with Crippen molar-refractivity contribution in [3.8, 4) is 0 Å². The molecule has 0 atom stereocenters. The zero-order chi connectivity index (χ0) is 4.99. The fourth-order valence-corrected chi connectivity index (χ4v) is 0.0962. The van der Waals surface area contributed by atoms with Crippen LogP contribution in [0.4, 0.5) is 0 Å². The molecule has 0 aromatic carbocycles. The second-order valence-corrected chi connectivity index (χ2v) is 1.13. The lowest BCUT2D eigenvalue weighted by molar-refractivity contribution is 0.216. The van der Waals surface area contributed by atoms with Crippen LogP contribution in [0.1, 0.15) is 0 Å². The molecular weight excluding hydrogens is 73.7 g/mol. The van der Waals surface area contributed by atoms with E-state index in [1.54, 1.807) is 0 Å². The minimum Gasteiger partial charge on any atom is -0.395 e. The van der Waals surface area contributed by atoms with Gasteiger partial charge in [-0.2, -0.15) is 0 Å². The molecular formula is C3H6B2O. The van der Waals surface area contributed by atoms with Gasteiger partial charge in [0.05, 0.1) is 15.7 Å². The van der Waals surface area contributed by atoms with Gasteiger partial charge in [0, 0.05) is 6.10 Å². The van der Waals surface area contributed by atoms with Crippen molar-refractivity contribution in [3.05, 3.63) is 0 Å². The molecule has 0 bridgehead atoms. The van der Waals surface area contributed by atoms with Crippen molar-refractivity contribution >= 4 is 15.7 Å². The van der Waals surface area contributed by atoms with E-state index in [0.29, 0.717) is 0 Å². The Hall–Kier alpha value is 0.0899. The Morgan fingerprint density at radius 2 is 1.67 bits per heavy atom. The molecule has 0 saturated heterocycles. The number of hydrogen-bond donors (Lipinski definition) is 1. The van der Waals surface area contributed by atoms with Crippen LogP contribution < -0.4 is 0 Å². The topological polar surface area (TPSA) is 20.2 Å². The third-order valence-electron chi connectivity index (χ3n) is 0.544. The highest BCUT2D eigenvalue weighted by Gasteiger charge is 1.90. The first kappa shape index (κ1) is 6.09. The number of hydrogen-bond acceptors (Lipinski definition) is 1. The maximum absolute atomic E-state index is 8.42. The summed E-state index contributed by atoms with van der Waals surface area (Å²) >= 11 is 0. The lowest BCUT2D eigenvalue weighted by Gasteiger charge is -1.98. The summed E-state index contributed by atoms with van der Waals surface area (Å²) < 4.78 is 0. The van der Waals surface area contributed by atoms with Crippen molar-refractivity contribution in [1.82, 2.24) is 0 Å². The third-order valence-corrected chi connectivity index (χ3v) is 0.544. The molecule has 4 radical (unpaired) electrons. The van der Waals surface area contributed by atoms with Crippen LogP contribution >= 0.6 is 0 Å². The molecule has 0 amide bonds. The molecule has 0 rings (SSSR count). The number of rotatable bonds is 2. The summed E-state index contributed by atoms with van der Waals surface area (Å²) in [5.41, 5.74) is 0. The zero-order valence-electron chi connectivity index (χ0n) is 3.59. The molecule has 0 aliphatic carbocycles. The molecule has 6 heavy (non-hydrogen) atoms. The molecule has 1 N–H and O–H groups in total. The van der Waals surface area contributed by atoms with E-state index < -0.39 is 6.10 Å². The van der Waals surface area contributed by atoms with Gasteiger partial charge in [0.15, 0.2) is 0 Å². The largest absolute Gasteiger partial charge is 0.395 e. The van der Waals surface area contributed by atoms with Crippen molar-refractivity contribution in [3.63, 3.8) is 0 Å². The van der Waals surface area contributed by atoms with Gasteiger partial charge in [-0.25, -0.2) is 0 Å². The normalized spacial score (nSPS) is 9.67. The molecule has 0 aliphatic heterocycles. The minimum atomic E-state index is -0.509. The van der Waals surface area contributed by atoms with Gasteiger partial charge >= 0.3 is 0 Å². The average molecular weight is 79.7 g/mol. The lowest BCUT2D eigenvalue weighted by atomic mass is 9.90. The van der Waals surface area contributed by atoms with Gasteiger partial charge in [-0.15, -0.1) is 0 Å². The summed E-state index contributed by atoms with van der Waals surface area (Å²) in [5.74, 6) is 0. The smallest absolute Gasteiger partial charge is 0.0687 e. The lowest BCUT2D eigenvalue weighted by Crippen LogP contribution is -2.02. The molecule has 0 heterocycles. The van der Waals surface area contributed by atoms with Gasteiger partial charge in [-0.3, -0.25) is 0 Å². The van der Waals surface area contributed by atoms with E-state index in [9.17, 15) is 0 Å². The van der Waals surface area contributed by atoms with Crippen LogP contribution in [0.5, 0.6) is 0 Å². The van der Waals surface area contributed by atoms with E-state index in [4.69, 9.17) is 20.8 Å². The SMILES string of the molecule is [B]CC(O)C[B]. The van der Waals surface area contributed by atoms with Crippen molar-refractivity contribution in [1.29, 1.82) is 0 Å². The third kappa shape index (κ3) is 2.33. The first-order valence-electron chi connectivity index (χ1n) is 1.89. The molecule has 0 fully saturated rings. The monoisotopic (exact) mass is 80.1 g/mol. The van der Waals surface area contributed by atoms with E-state index >= 15 is 0 Å². The second kappa shape index (κ2) is 3.29. The highest BCUT2D eigenvalue weighted by Crippen LogP contribution is 1.89. The van der Waals surface area contributed by atoms with Crippen LogP contribution in [0.25, 0.3) is 0 Å². The van der Waals surface area contributed by atoms with Gasteiger partial charge in [0.25, 0.3) is 0 Å². The van der Waals surface area contributed by atoms with Gasteiger partial charge in [-0.1, -0.05) is 12.6 Å². The van der Waals surface area contributed by atoms with E-state index in [0.717, 1.165) is 0 Å². The molecule has 30 valence electrons. The molecule has 1 nitrogen and oxygen atoms in total. The first-order chi connectivity index (χ1) is 2.81. The summed E-state index contributed by atoms with van der Waals surface area (Å²) in [7, 11) is 9.91. The Morgan fingerprint density at radius 1 is 1.33 bits per heavy atom. The summed E-state index contributed by atoms with van der Waals surface area (Å²) in [6.07, 6.45) is 0.0116. The molecule has 0 saturated carbocycles. The minimum absolute atomic E-state index is 0.260. The first-order valence-corrected chi connectivity index (χ1v) is 1.89. The van der Waals surface area contributed by atoms with Crippen molar-refractivity contribution < 1.29 is 5.11 Å². The van der Waals surface area contributed by atoms with Crippen LogP contribution in [0.2, 0.25) is 12.6 Å². The van der Waals surface area contributed by atoms with Gasteiger partial charge in [-0.05, 0) is 0 Å². The summed E-state index contributed by atoms with van der Waals surface area (Å²) in [4.78, 5) is 0. The molecule has 3 heteroatoms. The molecule has 0 unspecified atom stereocenters. The van der Waals surface area contributed by atoms with Crippen LogP contribution in [-0.2, 0) is 0 Å². The van der Waals surface area contributed by atoms with E-state index in [1.807, 2.05) is 0 Å². The predicted molar refractivity (Wildman–Crippen MR) is 27.1 cm³/mol. The van der Waals surface area contributed by atoms with Gasteiger partial charge < -0.3 is 5.11 Å². The molecule has 0 spiro atoms. The molecule has 0 aliphatic rings. The maximum Gasteiger partial charge on any atom is 0.0687 e. The Balaban J connectivity index is 2.75. The summed E-state index contributed by atoms with van der Waals surface area (Å²) in [6, 6.07) is 0. The van der Waals surface area contributed by atoms with Gasteiger partial charge in [0.2, 0.25) is 0 Å². The standard InChI is InChI=1S/C3H6B2O/c4-1-3(6)2-5/h3,6H,1-2H2. The fourth-order valence-electron chi connectivity index (χ4n) is 0.0962. The highest BCUT2D eigenvalue weighted by atomic mass is 16.3. The number of aliphatic hydroxyl groups excluding tert-OH is 1. The maximum atomic E-state index is 8.42. The van der Waals surface area contributed by atoms with E-state index in [2.05, 4.69) is 0 Å². The predicted octanol–water partition coefficient (Wildman–Crippen LogP) is -0.479. The summed E-state index contributed by atoms with van der Waals surface area (Å²) in [6.45, 7) is 0. The van der Waals surface area contributed by atoms with Crippen LogP contribution in [0.15, 0.2) is 0 Å². The Kier molecular flexibility index (Phi) is 3.34. The highest BCUT2D eigenvalue weighted by molar-refractivity contribution is 6.11. The van der Waals surface area contributed by atoms with Crippen molar-refractivity contribution in [2.45, 2.75) is 18.7 Å². The van der Waals surface area contributed by atoms with E-state index in [-0.39, 0.29) is 12.6 Å². The van der Waals surface area contributed by atoms with Crippen molar-refractivity contribution in [2.75, 3.05) is 0 Å². The molecule has 0 aromatic heterocycles. The average Bonchev–Trinajstić information content (AvgIpc) is 1.65. The number of aliphatic hydroxyl groups is 1. The zero-order valence-corrected chi connectivity index (χ0v) is 3.59. The van der Waals surface area contributed by atoms with Crippen LogP contribution in [0.3, 0.4) is 0 Å². The van der Waals surface area contributed by atoms with Gasteiger partial charge in [0.1, 0.15) is 0 Å². The fraction of sp³-hybridized carbons (Fsp3) is 1.00. The second-order valence-electron chi connectivity index (χ2n) is 1.13. The van der Waals surface area contributed by atoms with Crippen molar-refractivity contribution in [2.24, 2.45) is 0 Å². The quantitative estimate of drug-likeness (QED) is 0.444. The molecule has 0 aromatic rings. The Labute approximate surface area is 40.6 Å². The summed E-state index contributed by atoms with van der Waals surface area (Å²) in [5, 5.41) is 8.42. The van der Waals surface area contributed by atoms with Crippen LogP contribution in [-0.4, -0.2) is 26.9 Å². The van der Waals surface area contributed by atoms with E-state index in [1.165, 1.54) is 0 Å². The Bertz CT molecular complexity index is 28.0.